The summed E-state index contributed by atoms with van der Waals surface area (Å²) in [5.41, 5.74) is 14.8. The van der Waals surface area contributed by atoms with Crippen LogP contribution < -0.4 is 21.7 Å². The third-order valence-electron chi connectivity index (χ3n) is 6.84. The fraction of sp³-hybridized carbons (Fsp3) is 0.321. The third kappa shape index (κ3) is 6.71. The van der Waals surface area contributed by atoms with E-state index in [4.69, 9.17) is 15.9 Å². The van der Waals surface area contributed by atoms with Gasteiger partial charge in [0.2, 0.25) is 11.6 Å². The van der Waals surface area contributed by atoms with E-state index < -0.39 is 6.04 Å². The van der Waals surface area contributed by atoms with Gasteiger partial charge in [-0.3, -0.25) is 4.79 Å². The Balaban J connectivity index is 0.00000220. The van der Waals surface area contributed by atoms with Crippen molar-refractivity contribution in [3.05, 3.63) is 60.7 Å². The first-order chi connectivity index (χ1) is 18.4. The highest BCUT2D eigenvalue weighted by atomic mass is 35.5. The van der Waals surface area contributed by atoms with Crippen LogP contribution in [0.3, 0.4) is 0 Å². The van der Waals surface area contributed by atoms with E-state index in [0.717, 1.165) is 22.1 Å². The fourth-order valence-corrected chi connectivity index (χ4v) is 4.74. The quantitative estimate of drug-likeness (QED) is 0.235. The van der Waals surface area contributed by atoms with Gasteiger partial charge in [-0.25, -0.2) is 14.4 Å². The van der Waals surface area contributed by atoms with E-state index >= 15 is 0 Å². The first-order valence-electron chi connectivity index (χ1n) is 12.8. The second-order valence-corrected chi connectivity index (χ2v) is 9.51. The number of benzene rings is 2. The number of aliphatic hydroxyl groups is 1. The minimum Gasteiger partial charge on any atom is -0.437 e. The van der Waals surface area contributed by atoms with Gasteiger partial charge in [-0.05, 0) is 74.2 Å². The number of nitrogens with two attached hydrogens (primary N) is 2. The monoisotopic (exact) mass is 590 g/mol. The summed E-state index contributed by atoms with van der Waals surface area (Å²) in [5, 5.41) is 13.6. The molecule has 4 aromatic rings. The molecule has 0 aliphatic carbocycles. The number of carbonyl (C=O) groups excluding carboxylic acids is 1. The zero-order chi connectivity index (χ0) is 26.6. The van der Waals surface area contributed by atoms with Gasteiger partial charge in [0.05, 0.1) is 17.5 Å². The molecule has 12 heteroatoms. The van der Waals surface area contributed by atoms with Crippen LogP contribution >= 0.6 is 24.8 Å². The Labute approximate surface area is 244 Å². The van der Waals surface area contributed by atoms with Crippen molar-refractivity contribution in [1.82, 2.24) is 9.97 Å². The molecule has 40 heavy (non-hydrogen) atoms. The molecule has 6 N–H and O–H groups in total. The molecule has 0 saturated carbocycles. The highest BCUT2D eigenvalue weighted by Crippen LogP contribution is 2.44. The molecule has 9 nitrogen and oxygen atoms in total. The predicted octanol–water partition coefficient (Wildman–Crippen LogP) is 4.51. The zero-order valence-corrected chi connectivity index (χ0v) is 23.4. The summed E-state index contributed by atoms with van der Waals surface area (Å²) in [6.07, 6.45) is 3.62. The van der Waals surface area contributed by atoms with Crippen LogP contribution in [0.1, 0.15) is 25.7 Å². The molecule has 1 aliphatic rings. The molecule has 0 unspecified atom stereocenters. The van der Waals surface area contributed by atoms with E-state index in [-0.39, 0.29) is 42.6 Å². The van der Waals surface area contributed by atoms with Gasteiger partial charge in [-0.15, -0.1) is 24.8 Å². The smallest absolute Gasteiger partial charge is 0.241 e. The Morgan fingerprint density at radius 2 is 1.73 bits per heavy atom. The van der Waals surface area contributed by atoms with Crippen LogP contribution in [0.25, 0.3) is 33.6 Å². The van der Waals surface area contributed by atoms with Gasteiger partial charge in [0.25, 0.3) is 0 Å². The summed E-state index contributed by atoms with van der Waals surface area (Å²) in [7, 11) is 0. The molecule has 0 radical (unpaired) electrons. The van der Waals surface area contributed by atoms with Crippen molar-refractivity contribution in [1.29, 1.82) is 0 Å². The van der Waals surface area contributed by atoms with Gasteiger partial charge in [-0.2, -0.15) is 0 Å². The molecule has 5 rings (SSSR count). The Morgan fingerprint density at radius 1 is 1.07 bits per heavy atom. The Morgan fingerprint density at radius 3 is 2.38 bits per heavy atom. The van der Waals surface area contributed by atoms with Gasteiger partial charge in [-0.1, -0.05) is 12.1 Å². The number of nitrogens with zero attached hydrogens (tertiary/aromatic N) is 3. The summed E-state index contributed by atoms with van der Waals surface area (Å²) in [5.74, 6) is 0.664. The number of halogens is 3. The third-order valence-corrected chi connectivity index (χ3v) is 6.84. The molecule has 214 valence electrons. The van der Waals surface area contributed by atoms with Crippen LogP contribution in [0.5, 0.6) is 0 Å². The molecule has 2 aromatic heterocycles. The number of nitrogens with one attached hydrogen (secondary N) is 1. The molecule has 3 heterocycles. The Kier molecular flexibility index (Phi) is 10.8. The van der Waals surface area contributed by atoms with Crippen LogP contribution in [0.4, 0.5) is 15.9 Å². The largest absolute Gasteiger partial charge is 0.437 e. The summed E-state index contributed by atoms with van der Waals surface area (Å²) >= 11 is 0. The number of fused-ring (bicyclic) bond motifs is 1. The highest BCUT2D eigenvalue weighted by Gasteiger charge is 2.27. The number of rotatable bonds is 8. The van der Waals surface area contributed by atoms with Crippen molar-refractivity contribution < 1.29 is 18.7 Å². The molecular weight excluding hydrogens is 558 g/mol. The summed E-state index contributed by atoms with van der Waals surface area (Å²) in [6.45, 7) is 1.78. The number of hydrogen-bond donors (Lipinski definition) is 4. The van der Waals surface area contributed by atoms with Gasteiger partial charge >= 0.3 is 0 Å². The maximum atomic E-state index is 13.8. The Bertz CT molecular complexity index is 1410. The first kappa shape index (κ1) is 31.3. The van der Waals surface area contributed by atoms with Crippen molar-refractivity contribution in [2.24, 2.45) is 11.5 Å². The normalized spacial score (nSPS) is 14.3. The van der Waals surface area contributed by atoms with Crippen LogP contribution in [-0.4, -0.2) is 52.8 Å². The summed E-state index contributed by atoms with van der Waals surface area (Å²) in [6, 6.07) is 12.8. The second kappa shape index (κ2) is 13.9. The standard InChI is InChI=1S/C28H31FN6O3.2ClH/c29-19-7-3-17(4-8-19)23-24-26(35-14-11-21(36)12-15-35)32-16-33-28(24)38-25(23)18-5-9-20(10-6-18)34-27(37)22(31)2-1-13-30;;/h3-10,16,21-22,36H,1-2,11-15,30-31H2,(H,34,37);2*1H/t22-;;/m0../s1. The number of hydrogen-bond acceptors (Lipinski definition) is 8. The lowest BCUT2D eigenvalue weighted by atomic mass is 9.98. The summed E-state index contributed by atoms with van der Waals surface area (Å²) < 4.78 is 20.1. The minimum atomic E-state index is -0.633. The highest BCUT2D eigenvalue weighted by molar-refractivity contribution is 6.06. The number of amides is 1. The van der Waals surface area contributed by atoms with Gasteiger partial charge < -0.3 is 31.2 Å². The Hall–Kier alpha value is -3.28. The first-order valence-corrected chi connectivity index (χ1v) is 12.8. The molecule has 1 aliphatic heterocycles. The summed E-state index contributed by atoms with van der Waals surface area (Å²) in [4.78, 5) is 23.5. The lowest BCUT2D eigenvalue weighted by molar-refractivity contribution is -0.117. The molecule has 1 atom stereocenters. The molecule has 0 spiro atoms. The lowest BCUT2D eigenvalue weighted by Crippen LogP contribution is -2.36. The number of furan rings is 1. The molecule has 0 bridgehead atoms. The van der Waals surface area contributed by atoms with Crippen LogP contribution in [0.2, 0.25) is 0 Å². The number of aliphatic hydroxyl groups excluding tert-OH is 1. The van der Waals surface area contributed by atoms with Crippen LogP contribution in [0.15, 0.2) is 59.3 Å². The van der Waals surface area contributed by atoms with Crippen molar-refractivity contribution in [3.63, 3.8) is 0 Å². The molecular formula is C28H33Cl2FN6O3. The van der Waals surface area contributed by atoms with E-state index in [9.17, 15) is 14.3 Å². The van der Waals surface area contributed by atoms with E-state index in [2.05, 4.69) is 20.2 Å². The van der Waals surface area contributed by atoms with Gasteiger partial charge in [0.1, 0.15) is 23.7 Å². The van der Waals surface area contributed by atoms with Crippen molar-refractivity contribution in [2.75, 3.05) is 29.9 Å². The molecule has 2 aromatic carbocycles. The predicted molar refractivity (Wildman–Crippen MR) is 159 cm³/mol. The van der Waals surface area contributed by atoms with E-state index in [1.807, 2.05) is 12.1 Å². The molecule has 1 saturated heterocycles. The topological polar surface area (TPSA) is 144 Å². The van der Waals surface area contributed by atoms with Crippen LogP contribution in [0, 0.1) is 5.82 Å². The second-order valence-electron chi connectivity index (χ2n) is 9.51. The maximum Gasteiger partial charge on any atom is 0.241 e. The van der Waals surface area contributed by atoms with Gasteiger partial charge in [0, 0.05) is 29.9 Å². The number of carbonyl (C=O) groups is 1. The van der Waals surface area contributed by atoms with Gasteiger partial charge in [0.15, 0.2) is 0 Å². The van der Waals surface area contributed by atoms with E-state index in [1.54, 1.807) is 24.3 Å². The van der Waals surface area contributed by atoms with E-state index in [0.29, 0.717) is 68.3 Å². The van der Waals surface area contributed by atoms with E-state index in [1.165, 1.54) is 18.5 Å². The zero-order valence-electron chi connectivity index (χ0n) is 21.8. The fourth-order valence-electron chi connectivity index (χ4n) is 4.74. The minimum absolute atomic E-state index is 0. The maximum absolute atomic E-state index is 13.8. The molecule has 1 fully saturated rings. The lowest BCUT2D eigenvalue weighted by Gasteiger charge is -2.30. The van der Waals surface area contributed by atoms with Crippen molar-refractivity contribution in [3.8, 4) is 22.5 Å². The van der Waals surface area contributed by atoms with Crippen LogP contribution in [-0.2, 0) is 4.79 Å². The average Bonchev–Trinajstić information content (AvgIpc) is 3.33. The van der Waals surface area contributed by atoms with Crippen molar-refractivity contribution in [2.45, 2.75) is 37.8 Å². The van der Waals surface area contributed by atoms with Crippen molar-refractivity contribution >= 4 is 53.3 Å². The number of aromatic nitrogens is 2. The number of piperidine rings is 1. The number of anilines is 2. The molecule has 1 amide bonds. The SMILES string of the molecule is Cl.Cl.NCCC[C@H](N)C(=O)Nc1ccc(-c2oc3ncnc(N4CCC(O)CC4)c3c2-c2ccc(F)cc2)cc1. The average molecular weight is 592 g/mol.